The zero-order valence-corrected chi connectivity index (χ0v) is 15.7. The average Bonchev–Trinajstić information content (AvgIpc) is 3.24. The zero-order valence-electron chi connectivity index (χ0n) is 14.0. The third-order valence-corrected chi connectivity index (χ3v) is 5.32. The molecule has 3 aromatic rings. The second kappa shape index (κ2) is 7.88. The van der Waals surface area contributed by atoms with E-state index in [0.29, 0.717) is 40.1 Å². The van der Waals surface area contributed by atoms with E-state index in [-0.39, 0.29) is 17.2 Å². The molecule has 0 spiro atoms. The second-order valence-corrected chi connectivity index (χ2v) is 7.84. The number of furan rings is 1. The monoisotopic (exact) mass is 377 g/mol. The fraction of sp³-hybridized carbons (Fsp3) is 0.353. The van der Waals surface area contributed by atoms with Gasteiger partial charge in [0.1, 0.15) is 10.5 Å². The maximum absolute atomic E-state index is 12.7. The molecule has 0 aliphatic heterocycles. The Kier molecular flexibility index (Phi) is 5.60. The highest BCUT2D eigenvalue weighted by atomic mass is 32.2. The Morgan fingerprint density at radius 1 is 1.44 bits per heavy atom. The molecule has 0 saturated heterocycles. The van der Waals surface area contributed by atoms with Crippen molar-refractivity contribution in [1.29, 1.82) is 0 Å². The van der Waals surface area contributed by atoms with Crippen LogP contribution < -0.4 is 10.9 Å². The van der Waals surface area contributed by atoms with Crippen LogP contribution in [0.2, 0.25) is 0 Å². The van der Waals surface area contributed by atoms with E-state index in [9.17, 15) is 9.59 Å². The Morgan fingerprint density at radius 3 is 3.00 bits per heavy atom. The SMILES string of the molecule is CC(C)Cn1c(SCC(=O)NCc2ccco2)nc2ccsc2c1=O. The fourth-order valence-electron chi connectivity index (χ4n) is 2.34. The lowest BCUT2D eigenvalue weighted by Crippen LogP contribution is -2.27. The minimum atomic E-state index is -0.128. The summed E-state index contributed by atoms with van der Waals surface area (Å²) in [5.74, 6) is 1.08. The third-order valence-electron chi connectivity index (χ3n) is 3.45. The van der Waals surface area contributed by atoms with E-state index in [1.807, 2.05) is 11.4 Å². The third kappa shape index (κ3) is 4.32. The molecule has 3 heterocycles. The highest BCUT2D eigenvalue weighted by molar-refractivity contribution is 7.99. The molecule has 0 unspecified atom stereocenters. The van der Waals surface area contributed by atoms with Gasteiger partial charge in [-0.25, -0.2) is 4.98 Å². The first kappa shape index (κ1) is 17.8. The Labute approximate surface area is 153 Å². The predicted molar refractivity (Wildman–Crippen MR) is 100.0 cm³/mol. The summed E-state index contributed by atoms with van der Waals surface area (Å²) in [7, 11) is 0. The van der Waals surface area contributed by atoms with Crippen LogP contribution >= 0.6 is 23.1 Å². The van der Waals surface area contributed by atoms with Crippen molar-refractivity contribution >= 4 is 39.2 Å². The molecule has 0 bridgehead atoms. The molecule has 0 atom stereocenters. The maximum atomic E-state index is 12.7. The normalized spacial score (nSPS) is 11.3. The molecule has 0 aliphatic carbocycles. The molecule has 0 aromatic carbocycles. The summed E-state index contributed by atoms with van der Waals surface area (Å²) in [5, 5.41) is 5.24. The number of rotatable bonds is 7. The lowest BCUT2D eigenvalue weighted by molar-refractivity contribution is -0.118. The number of amides is 1. The quantitative estimate of drug-likeness (QED) is 0.506. The smallest absolute Gasteiger partial charge is 0.272 e. The Bertz CT molecular complexity index is 913. The van der Waals surface area contributed by atoms with Crippen LogP contribution in [0.3, 0.4) is 0 Å². The minimum Gasteiger partial charge on any atom is -0.467 e. The molecule has 0 fully saturated rings. The largest absolute Gasteiger partial charge is 0.467 e. The number of nitrogens with one attached hydrogen (secondary N) is 1. The number of hydrogen-bond acceptors (Lipinski definition) is 6. The van der Waals surface area contributed by atoms with Crippen molar-refractivity contribution in [2.75, 3.05) is 5.75 Å². The Morgan fingerprint density at radius 2 is 2.28 bits per heavy atom. The minimum absolute atomic E-state index is 0.0350. The topological polar surface area (TPSA) is 77.1 Å². The van der Waals surface area contributed by atoms with E-state index in [0.717, 1.165) is 0 Å². The first-order valence-corrected chi connectivity index (χ1v) is 9.81. The van der Waals surface area contributed by atoms with Gasteiger partial charge in [-0.15, -0.1) is 11.3 Å². The van der Waals surface area contributed by atoms with Crippen molar-refractivity contribution in [2.45, 2.75) is 32.1 Å². The van der Waals surface area contributed by atoms with Crippen LogP contribution in [0.15, 0.2) is 44.2 Å². The highest BCUT2D eigenvalue weighted by Crippen LogP contribution is 2.21. The van der Waals surface area contributed by atoms with E-state index < -0.39 is 0 Å². The molecule has 0 aliphatic rings. The van der Waals surface area contributed by atoms with Crippen LogP contribution in [0.5, 0.6) is 0 Å². The molecule has 1 N–H and O–H groups in total. The van der Waals surface area contributed by atoms with E-state index >= 15 is 0 Å². The van der Waals surface area contributed by atoms with Gasteiger partial charge in [-0.1, -0.05) is 25.6 Å². The molecule has 1 amide bonds. The standard InChI is InChI=1S/C17H19N3O3S2/c1-11(2)9-20-16(22)15-13(5-7-24-15)19-17(20)25-10-14(21)18-8-12-4-3-6-23-12/h3-7,11H,8-10H2,1-2H3,(H,18,21). The first-order valence-electron chi connectivity index (χ1n) is 7.94. The molecular formula is C17H19N3O3S2. The van der Waals surface area contributed by atoms with Crippen LogP contribution in [0, 0.1) is 5.92 Å². The van der Waals surface area contributed by atoms with Crippen molar-refractivity contribution in [2.24, 2.45) is 5.92 Å². The number of carbonyl (C=O) groups is 1. The second-order valence-electron chi connectivity index (χ2n) is 5.98. The van der Waals surface area contributed by atoms with E-state index in [4.69, 9.17) is 4.42 Å². The van der Waals surface area contributed by atoms with Gasteiger partial charge in [-0.2, -0.15) is 0 Å². The summed E-state index contributed by atoms with van der Waals surface area (Å²) in [6.07, 6.45) is 1.57. The number of hydrogen-bond donors (Lipinski definition) is 1. The number of thiophene rings is 1. The maximum Gasteiger partial charge on any atom is 0.272 e. The first-order chi connectivity index (χ1) is 12.0. The molecule has 8 heteroatoms. The fourth-order valence-corrected chi connectivity index (χ4v) is 3.96. The van der Waals surface area contributed by atoms with Crippen LogP contribution in [0.4, 0.5) is 0 Å². The van der Waals surface area contributed by atoms with Crippen molar-refractivity contribution in [1.82, 2.24) is 14.9 Å². The van der Waals surface area contributed by atoms with E-state index in [1.165, 1.54) is 23.1 Å². The summed E-state index contributed by atoms with van der Waals surface area (Å²) in [5.41, 5.74) is 0.653. The van der Waals surface area contributed by atoms with Crippen LogP contribution in [0.1, 0.15) is 19.6 Å². The summed E-state index contributed by atoms with van der Waals surface area (Å²) in [4.78, 5) is 29.3. The van der Waals surface area contributed by atoms with Gasteiger partial charge < -0.3 is 9.73 Å². The van der Waals surface area contributed by atoms with Crippen molar-refractivity contribution < 1.29 is 9.21 Å². The van der Waals surface area contributed by atoms with Gasteiger partial charge in [0.15, 0.2) is 5.16 Å². The lowest BCUT2D eigenvalue weighted by Gasteiger charge is -2.13. The van der Waals surface area contributed by atoms with Gasteiger partial charge in [-0.3, -0.25) is 14.2 Å². The van der Waals surface area contributed by atoms with Crippen molar-refractivity contribution in [3.63, 3.8) is 0 Å². The van der Waals surface area contributed by atoms with Crippen molar-refractivity contribution in [3.8, 4) is 0 Å². The number of nitrogens with zero attached hydrogens (tertiary/aromatic N) is 2. The summed E-state index contributed by atoms with van der Waals surface area (Å²) >= 11 is 2.68. The van der Waals surface area contributed by atoms with Gasteiger partial charge in [0.25, 0.3) is 5.56 Å². The summed E-state index contributed by atoms with van der Waals surface area (Å²) in [6.45, 7) is 5.03. The molecular weight excluding hydrogens is 358 g/mol. The Balaban J connectivity index is 1.73. The van der Waals surface area contributed by atoms with E-state index in [1.54, 1.807) is 23.0 Å². The zero-order chi connectivity index (χ0) is 17.8. The molecule has 3 aromatic heterocycles. The molecule has 0 radical (unpaired) electrons. The predicted octanol–water partition coefficient (Wildman–Crippen LogP) is 3.12. The molecule has 132 valence electrons. The summed E-state index contributed by atoms with van der Waals surface area (Å²) in [6, 6.07) is 5.42. The number of thioether (sulfide) groups is 1. The number of carbonyl (C=O) groups excluding carboxylic acids is 1. The Hall–Kier alpha value is -2.06. The summed E-state index contributed by atoms with van der Waals surface area (Å²) < 4.78 is 7.52. The van der Waals surface area contributed by atoms with E-state index in [2.05, 4.69) is 24.1 Å². The van der Waals surface area contributed by atoms with Crippen LogP contribution in [-0.2, 0) is 17.9 Å². The lowest BCUT2D eigenvalue weighted by atomic mass is 10.2. The van der Waals surface area contributed by atoms with Gasteiger partial charge >= 0.3 is 0 Å². The molecule has 3 rings (SSSR count). The van der Waals surface area contributed by atoms with Gasteiger partial charge in [0.05, 0.1) is 24.1 Å². The van der Waals surface area contributed by atoms with Crippen LogP contribution in [0.25, 0.3) is 10.2 Å². The number of fused-ring (bicyclic) bond motifs is 1. The van der Waals surface area contributed by atoms with Gasteiger partial charge in [0.2, 0.25) is 5.91 Å². The van der Waals surface area contributed by atoms with Crippen LogP contribution in [-0.4, -0.2) is 21.2 Å². The highest BCUT2D eigenvalue weighted by Gasteiger charge is 2.15. The average molecular weight is 377 g/mol. The number of aromatic nitrogens is 2. The molecule has 6 nitrogen and oxygen atoms in total. The molecule has 0 saturated carbocycles. The van der Waals surface area contributed by atoms with Gasteiger partial charge in [0, 0.05) is 6.54 Å². The molecule has 25 heavy (non-hydrogen) atoms. The van der Waals surface area contributed by atoms with Gasteiger partial charge in [-0.05, 0) is 29.5 Å². The van der Waals surface area contributed by atoms with Crippen molar-refractivity contribution in [3.05, 3.63) is 46.0 Å².